The maximum absolute atomic E-state index is 13.1. The predicted molar refractivity (Wildman–Crippen MR) is 104 cm³/mol. The molecule has 3 aromatic rings. The van der Waals surface area contributed by atoms with Gasteiger partial charge in [-0.3, -0.25) is 9.59 Å². The van der Waals surface area contributed by atoms with E-state index in [-0.39, 0.29) is 68.9 Å². The molecule has 30 heavy (non-hydrogen) atoms. The Morgan fingerprint density at radius 3 is 2.10 bits per heavy atom. The molecule has 0 aliphatic heterocycles. The fourth-order valence-electron chi connectivity index (χ4n) is 3.43. The summed E-state index contributed by atoms with van der Waals surface area (Å²) in [6, 6.07) is 13.0. The van der Waals surface area contributed by atoms with E-state index in [0.717, 1.165) is 6.07 Å². The van der Waals surface area contributed by atoms with Crippen LogP contribution in [0.5, 0.6) is 5.75 Å². The Morgan fingerprint density at radius 1 is 0.900 bits per heavy atom. The van der Waals surface area contributed by atoms with Crippen LogP contribution >= 0.6 is 0 Å². The van der Waals surface area contributed by atoms with E-state index in [9.17, 15) is 27.7 Å². The van der Waals surface area contributed by atoms with Crippen molar-refractivity contribution in [2.24, 2.45) is 0 Å². The standard InChI is InChI=1S/C21H15NO6S.Na/c1-11-8-12(10-13(9-11)29(26,27)28)22-16-6-7-17(23)19-18(16)20(24)14-4-2-3-5-15(14)21(19)25;/h2-10,22-23H,1H3,(H,26,27,28);/q;+1/p-1. The molecule has 1 aliphatic carbocycles. The smallest absolute Gasteiger partial charge is 0.744 e. The number of carbonyl (C=O) groups excluding carboxylic acids is 2. The summed E-state index contributed by atoms with van der Waals surface area (Å²) in [6.07, 6.45) is 0. The third-order valence-corrected chi connectivity index (χ3v) is 5.49. The van der Waals surface area contributed by atoms with E-state index in [1.54, 1.807) is 25.1 Å². The molecule has 0 unspecified atom stereocenters. The normalized spacial score (nSPS) is 12.6. The number of aryl methyl sites for hydroxylation is 1. The number of hydrogen-bond donors (Lipinski definition) is 2. The summed E-state index contributed by atoms with van der Waals surface area (Å²) in [4.78, 5) is 25.5. The fraction of sp³-hybridized carbons (Fsp3) is 0.0476. The zero-order chi connectivity index (χ0) is 20.9. The summed E-state index contributed by atoms with van der Waals surface area (Å²) >= 11 is 0. The number of nitrogens with one attached hydrogen (secondary N) is 1. The third kappa shape index (κ3) is 3.80. The summed E-state index contributed by atoms with van der Waals surface area (Å²) < 4.78 is 34.2. The SMILES string of the molecule is Cc1cc(Nc2ccc(O)c3c2C(=O)c2ccccc2C3=O)cc(S(=O)(=O)[O-])c1.[Na+]. The number of hydrogen-bond acceptors (Lipinski definition) is 7. The molecule has 146 valence electrons. The number of phenolic OH excluding ortho intramolecular Hbond substituents is 1. The number of phenols is 1. The number of aromatic hydroxyl groups is 1. The van der Waals surface area contributed by atoms with Gasteiger partial charge in [-0.2, -0.15) is 0 Å². The number of rotatable bonds is 3. The van der Waals surface area contributed by atoms with Crippen LogP contribution in [0.4, 0.5) is 11.4 Å². The van der Waals surface area contributed by atoms with Gasteiger partial charge in [0, 0.05) is 16.8 Å². The van der Waals surface area contributed by atoms with E-state index >= 15 is 0 Å². The zero-order valence-corrected chi connectivity index (χ0v) is 18.9. The molecule has 0 saturated carbocycles. The number of carbonyl (C=O) groups is 2. The Balaban J connectivity index is 0.00000256. The average molecular weight is 431 g/mol. The molecule has 0 bridgehead atoms. The van der Waals surface area contributed by atoms with E-state index < -0.39 is 26.6 Å². The van der Waals surface area contributed by atoms with Crippen LogP contribution < -0.4 is 34.9 Å². The second kappa shape index (κ2) is 7.98. The van der Waals surface area contributed by atoms with Crippen LogP contribution in [-0.2, 0) is 10.1 Å². The van der Waals surface area contributed by atoms with Gasteiger partial charge in [-0.15, -0.1) is 0 Å². The molecule has 1 aliphatic rings. The Bertz CT molecular complexity index is 1320. The first-order valence-electron chi connectivity index (χ1n) is 8.56. The van der Waals surface area contributed by atoms with Gasteiger partial charge in [0.05, 0.1) is 21.7 Å². The minimum absolute atomic E-state index is 0. The van der Waals surface area contributed by atoms with E-state index in [0.29, 0.717) is 5.56 Å². The van der Waals surface area contributed by atoms with Gasteiger partial charge in [0.15, 0.2) is 11.6 Å². The predicted octanol–water partition coefficient (Wildman–Crippen LogP) is 0.128. The summed E-state index contributed by atoms with van der Waals surface area (Å²) in [5, 5.41) is 13.1. The van der Waals surface area contributed by atoms with E-state index in [1.807, 2.05) is 0 Å². The fourth-order valence-corrected chi connectivity index (χ4v) is 4.03. The van der Waals surface area contributed by atoms with Gasteiger partial charge in [0.25, 0.3) is 0 Å². The van der Waals surface area contributed by atoms with Gasteiger partial charge < -0.3 is 15.0 Å². The van der Waals surface area contributed by atoms with Crippen LogP contribution in [0.3, 0.4) is 0 Å². The minimum Gasteiger partial charge on any atom is -0.744 e. The van der Waals surface area contributed by atoms with Crippen LogP contribution in [0.15, 0.2) is 59.5 Å². The Kier molecular flexibility index (Phi) is 5.90. The van der Waals surface area contributed by atoms with Crippen molar-refractivity contribution in [1.82, 2.24) is 0 Å². The van der Waals surface area contributed by atoms with Crippen molar-refractivity contribution in [3.8, 4) is 5.75 Å². The molecule has 0 spiro atoms. The van der Waals surface area contributed by atoms with Crippen molar-refractivity contribution in [2.75, 3.05) is 5.32 Å². The van der Waals surface area contributed by atoms with E-state index in [1.165, 1.54) is 30.3 Å². The first-order chi connectivity index (χ1) is 13.7. The molecule has 0 heterocycles. The molecular formula is C21H14NNaO6S. The number of fused-ring (bicyclic) bond motifs is 2. The first-order valence-corrected chi connectivity index (χ1v) is 9.96. The van der Waals surface area contributed by atoms with E-state index in [4.69, 9.17) is 0 Å². The molecular weight excluding hydrogens is 417 g/mol. The van der Waals surface area contributed by atoms with Crippen LogP contribution in [0.2, 0.25) is 0 Å². The zero-order valence-electron chi connectivity index (χ0n) is 16.1. The second-order valence-corrected chi connectivity index (χ2v) is 8.08. The third-order valence-electron chi connectivity index (χ3n) is 4.67. The summed E-state index contributed by atoms with van der Waals surface area (Å²) in [5.41, 5.74) is 1.27. The van der Waals surface area contributed by atoms with Crippen molar-refractivity contribution in [1.29, 1.82) is 0 Å². The molecule has 0 aromatic heterocycles. The largest absolute Gasteiger partial charge is 1.00 e. The maximum Gasteiger partial charge on any atom is 1.00 e. The van der Waals surface area contributed by atoms with Crippen LogP contribution in [0, 0.1) is 6.92 Å². The number of anilines is 2. The van der Waals surface area contributed by atoms with E-state index in [2.05, 4.69) is 5.32 Å². The van der Waals surface area contributed by atoms with Gasteiger partial charge in [-0.05, 0) is 42.8 Å². The molecule has 0 saturated heterocycles. The maximum atomic E-state index is 13.1. The van der Waals surface area contributed by atoms with Crippen molar-refractivity contribution >= 4 is 33.1 Å². The summed E-state index contributed by atoms with van der Waals surface area (Å²) in [6.45, 7) is 1.62. The van der Waals surface area contributed by atoms with Gasteiger partial charge in [-0.1, -0.05) is 24.3 Å². The topological polar surface area (TPSA) is 124 Å². The molecule has 9 heteroatoms. The quantitative estimate of drug-likeness (QED) is 0.268. The number of benzene rings is 3. The average Bonchev–Trinajstić information content (AvgIpc) is 2.66. The van der Waals surface area contributed by atoms with Gasteiger partial charge in [-0.25, -0.2) is 8.42 Å². The molecule has 0 atom stereocenters. The summed E-state index contributed by atoms with van der Waals surface area (Å²) in [5.74, 6) is -1.26. The van der Waals surface area contributed by atoms with Crippen molar-refractivity contribution in [2.45, 2.75) is 11.8 Å². The van der Waals surface area contributed by atoms with Crippen LogP contribution in [-0.4, -0.2) is 29.6 Å². The van der Waals surface area contributed by atoms with Crippen molar-refractivity contribution < 1.29 is 57.2 Å². The van der Waals surface area contributed by atoms with Gasteiger partial charge in [0.1, 0.15) is 15.9 Å². The van der Waals surface area contributed by atoms with Gasteiger partial charge >= 0.3 is 29.6 Å². The Morgan fingerprint density at radius 2 is 1.50 bits per heavy atom. The monoisotopic (exact) mass is 431 g/mol. The number of ketones is 2. The molecule has 0 radical (unpaired) electrons. The minimum atomic E-state index is -4.67. The van der Waals surface area contributed by atoms with Crippen molar-refractivity contribution in [3.63, 3.8) is 0 Å². The second-order valence-electron chi connectivity index (χ2n) is 6.70. The molecule has 7 nitrogen and oxygen atoms in total. The van der Waals surface area contributed by atoms with Crippen molar-refractivity contribution in [3.05, 3.63) is 82.4 Å². The van der Waals surface area contributed by atoms with Gasteiger partial charge in [0.2, 0.25) is 0 Å². The molecule has 0 fully saturated rings. The van der Waals surface area contributed by atoms with Crippen LogP contribution in [0.25, 0.3) is 0 Å². The first kappa shape index (κ1) is 22.2. The Labute approximate surface area is 194 Å². The Hall–Kier alpha value is -2.49. The molecule has 4 rings (SSSR count). The van der Waals surface area contributed by atoms with Crippen LogP contribution in [0.1, 0.15) is 37.4 Å². The summed E-state index contributed by atoms with van der Waals surface area (Å²) in [7, 11) is -4.67. The molecule has 3 aromatic carbocycles. The molecule has 0 amide bonds. The molecule has 2 N–H and O–H groups in total.